The summed E-state index contributed by atoms with van der Waals surface area (Å²) in [6, 6.07) is 0. The highest BCUT2D eigenvalue weighted by atomic mass is 31.2. The molecular weight excluding hydrogens is 83.8 g/mol. The van der Waals surface area contributed by atoms with Gasteiger partial charge in [0.1, 0.15) is 0 Å². The Hall–Kier alpha value is 0.375. The molecule has 32 valence electrons. The fraction of sp³-hybridized carbons (Fsp3) is 0. The standard InChI is InChI=1S/BH9N3P/c1-5(2,3)4/h2-4H2,1H3. The summed E-state index contributed by atoms with van der Waals surface area (Å²) in [5, 5.41) is 0. The van der Waals surface area contributed by atoms with Gasteiger partial charge >= 0.3 is 0 Å². The van der Waals surface area contributed by atoms with E-state index in [1.807, 2.05) is 0 Å². The molecular formula is H9BN3P. The third-order valence-corrected chi connectivity index (χ3v) is 0. The summed E-state index contributed by atoms with van der Waals surface area (Å²) in [7, 11) is -1.59. The van der Waals surface area contributed by atoms with Crippen molar-refractivity contribution in [3.05, 3.63) is 0 Å². The van der Waals surface area contributed by atoms with E-state index in [1.54, 1.807) is 0 Å². The summed E-state index contributed by atoms with van der Waals surface area (Å²) < 4.78 is 0. The number of nitrogens with two attached hydrogens (primary N) is 3. The minimum atomic E-state index is -1.64. The lowest BCUT2D eigenvalue weighted by atomic mass is 10.8. The van der Waals surface area contributed by atoms with Gasteiger partial charge in [0.15, 0.2) is 7.57 Å². The van der Waals surface area contributed by atoms with E-state index in [1.165, 1.54) is 0 Å². The van der Waals surface area contributed by atoms with Crippen molar-refractivity contribution in [1.82, 2.24) is 0 Å². The maximum Gasteiger partial charge on any atom is 0.182 e. The largest absolute Gasteiger partial charge is 0.217 e. The minimum Gasteiger partial charge on any atom is -0.217 e. The highest BCUT2D eigenvalue weighted by Crippen LogP contribution is 2.19. The zero-order chi connectivity index (χ0) is 4.50. The van der Waals surface area contributed by atoms with Crippen LogP contribution in [0.15, 0.2) is 0 Å². The molecule has 0 spiro atoms. The molecule has 3 nitrogen and oxygen atoms in total. The van der Waals surface area contributed by atoms with Crippen LogP contribution < -0.4 is 16.5 Å². The number of hydrogen-bond acceptors (Lipinski definition) is 3. The second kappa shape index (κ2) is 1.23. The van der Waals surface area contributed by atoms with Gasteiger partial charge in [-0.25, -0.2) is 16.5 Å². The van der Waals surface area contributed by atoms with Crippen LogP contribution in [0.4, 0.5) is 0 Å². The second-order valence-electron chi connectivity index (χ2n) is 0.447. The molecule has 0 saturated carbocycles. The van der Waals surface area contributed by atoms with Crippen molar-refractivity contribution in [2.24, 2.45) is 16.5 Å². The predicted octanol–water partition coefficient (Wildman–Crippen LogP) is -2.09. The highest BCUT2D eigenvalue weighted by Gasteiger charge is 1.97. The Morgan fingerprint density at radius 3 is 1.20 bits per heavy atom. The van der Waals surface area contributed by atoms with Crippen molar-refractivity contribution in [1.29, 1.82) is 0 Å². The lowest BCUT2D eigenvalue weighted by molar-refractivity contribution is 1.67. The van der Waals surface area contributed by atoms with Crippen molar-refractivity contribution < 1.29 is 0 Å². The van der Waals surface area contributed by atoms with Gasteiger partial charge in [0.25, 0.3) is 0 Å². The predicted molar refractivity (Wildman–Crippen MR) is 29.4 cm³/mol. The van der Waals surface area contributed by atoms with Gasteiger partial charge in [-0.1, -0.05) is 0 Å². The average Bonchev–Trinajstić information content (AvgIpc) is 0.722. The Bertz CT molecular complexity index is 22.4. The quantitative estimate of drug-likeness (QED) is 0.237. The highest BCUT2D eigenvalue weighted by molar-refractivity contribution is 7.91. The van der Waals surface area contributed by atoms with Gasteiger partial charge in [0.05, 0.1) is 0 Å². The fourth-order valence-electron chi connectivity index (χ4n) is 0. The normalized spacial score (nSPS) is 12.0. The molecule has 0 aromatic carbocycles. The average molecular weight is 92.9 g/mol. The molecule has 6 N–H and O–H groups in total. The molecule has 5 heteroatoms. The van der Waals surface area contributed by atoms with Crippen LogP contribution >= 0.6 is 7.59 Å². The Morgan fingerprint density at radius 1 is 1.20 bits per heavy atom. The molecule has 0 radical (unpaired) electrons. The summed E-state index contributed by atoms with van der Waals surface area (Å²) >= 11 is 0. The van der Waals surface area contributed by atoms with E-state index < -0.39 is 7.59 Å². The first-order chi connectivity index (χ1) is 2.00. The molecule has 0 bridgehead atoms. The molecule has 0 fully saturated rings. The molecule has 0 amide bonds. The Labute approximate surface area is 32.8 Å². The molecule has 0 rings (SSSR count). The van der Waals surface area contributed by atoms with Crippen LogP contribution in [0.1, 0.15) is 0 Å². The zero-order valence-electron chi connectivity index (χ0n) is 2.18. The van der Waals surface area contributed by atoms with E-state index in [4.69, 9.17) is 16.5 Å². The first-order valence-corrected chi connectivity index (χ1v) is 2.32. The monoisotopic (exact) mass is 93.1 g/mol. The van der Waals surface area contributed by atoms with Crippen LogP contribution in [-0.2, 0) is 0 Å². The Kier molecular flexibility index (Phi) is 1.32. The van der Waals surface area contributed by atoms with Crippen LogP contribution in [0.25, 0.3) is 0 Å². The van der Waals surface area contributed by atoms with E-state index in [-0.39, 0.29) is 7.57 Å². The zero-order valence-corrected chi connectivity index (χ0v) is 3.07. The van der Waals surface area contributed by atoms with Crippen LogP contribution in [0.5, 0.6) is 0 Å². The van der Waals surface area contributed by atoms with Crippen molar-refractivity contribution in [3.8, 4) is 0 Å². The smallest absolute Gasteiger partial charge is 0.182 e. The van der Waals surface area contributed by atoms with Crippen LogP contribution in [0, 0.1) is 0 Å². The SMILES string of the molecule is [BH3-][P+](N)(N)N. The summed E-state index contributed by atoms with van der Waals surface area (Å²) in [6.45, 7) is 0. The molecule has 0 atom stereocenters. The maximum absolute atomic E-state index is 5.13. The Morgan fingerprint density at radius 2 is 1.20 bits per heavy atom. The van der Waals surface area contributed by atoms with E-state index in [0.717, 1.165) is 0 Å². The second-order valence-corrected chi connectivity index (χ2v) is 1.34. The van der Waals surface area contributed by atoms with Crippen molar-refractivity contribution in [2.75, 3.05) is 0 Å². The lowest BCUT2D eigenvalue weighted by Crippen LogP contribution is -2.21. The first kappa shape index (κ1) is 5.37. The summed E-state index contributed by atoms with van der Waals surface area (Å²) in [5.41, 5.74) is 15.4. The molecule has 0 aromatic rings. The molecule has 5 heavy (non-hydrogen) atoms. The van der Waals surface area contributed by atoms with E-state index in [2.05, 4.69) is 0 Å². The first-order valence-electron chi connectivity index (χ1n) is 0.775. The summed E-state index contributed by atoms with van der Waals surface area (Å²) in [6.07, 6.45) is 0. The van der Waals surface area contributed by atoms with Crippen LogP contribution in [0.2, 0.25) is 0 Å². The minimum absolute atomic E-state index is 0.0486. The third-order valence-electron chi connectivity index (χ3n) is 0. The molecule has 0 aliphatic rings. The van der Waals surface area contributed by atoms with Gasteiger partial charge in [0, 0.05) is 7.59 Å². The molecule has 0 heterocycles. The van der Waals surface area contributed by atoms with Gasteiger partial charge < -0.3 is 0 Å². The van der Waals surface area contributed by atoms with E-state index in [9.17, 15) is 0 Å². The van der Waals surface area contributed by atoms with Gasteiger partial charge in [-0.2, -0.15) is 0 Å². The van der Waals surface area contributed by atoms with Gasteiger partial charge in [0.2, 0.25) is 0 Å². The molecule has 0 saturated heterocycles. The van der Waals surface area contributed by atoms with Crippen molar-refractivity contribution >= 4 is 15.2 Å². The molecule has 0 aliphatic heterocycles. The maximum atomic E-state index is 5.13. The summed E-state index contributed by atoms with van der Waals surface area (Å²) in [4.78, 5) is 0. The molecule has 0 aromatic heterocycles. The van der Waals surface area contributed by atoms with E-state index >= 15 is 0 Å². The van der Waals surface area contributed by atoms with Gasteiger partial charge in [-0.05, 0) is 0 Å². The Balaban J connectivity index is 3.02. The van der Waals surface area contributed by atoms with Gasteiger partial charge in [-0.3, -0.25) is 0 Å². The van der Waals surface area contributed by atoms with Crippen molar-refractivity contribution in [2.45, 2.75) is 0 Å². The topological polar surface area (TPSA) is 78.1 Å². The lowest BCUT2D eigenvalue weighted by Gasteiger charge is -2.05. The third kappa shape index (κ3) is 176. The number of rotatable bonds is 0. The van der Waals surface area contributed by atoms with Crippen LogP contribution in [0.3, 0.4) is 0 Å². The van der Waals surface area contributed by atoms with Crippen molar-refractivity contribution in [3.63, 3.8) is 0 Å². The molecule has 0 aliphatic carbocycles. The van der Waals surface area contributed by atoms with Crippen LogP contribution in [-0.4, -0.2) is 7.57 Å². The fourth-order valence-corrected chi connectivity index (χ4v) is 0. The number of hydrogen-bond donors (Lipinski definition) is 3. The molecule has 0 unspecified atom stereocenters. The van der Waals surface area contributed by atoms with E-state index in [0.29, 0.717) is 0 Å². The summed E-state index contributed by atoms with van der Waals surface area (Å²) in [5.74, 6) is 0. The van der Waals surface area contributed by atoms with Gasteiger partial charge in [-0.15, -0.1) is 0 Å².